The Morgan fingerprint density at radius 1 is 0.900 bits per heavy atom. The molecule has 7 rings (SSSR count). The van der Waals surface area contributed by atoms with Crippen LogP contribution >= 0.6 is 0 Å². The Bertz CT molecular complexity index is 2050. The Hall–Kier alpha value is -4.89. The molecule has 40 heavy (non-hydrogen) atoms. The van der Waals surface area contributed by atoms with Crippen LogP contribution in [0.25, 0.3) is 50.2 Å². The number of hydrogen-bond acceptors (Lipinski definition) is 3. The number of nitrogens with one attached hydrogen (secondary N) is 1. The maximum Gasteiger partial charge on any atom is 0.153 e. The summed E-state index contributed by atoms with van der Waals surface area (Å²) >= 11 is 0. The number of nitrogens with zero attached hydrogens (tertiary/aromatic N) is 1. The van der Waals surface area contributed by atoms with Gasteiger partial charge in [0.15, 0.2) is 5.42 Å². The van der Waals surface area contributed by atoms with E-state index in [0.29, 0.717) is 0 Å². The lowest BCUT2D eigenvalue weighted by Gasteiger charge is -2.21. The molecule has 4 aromatic carbocycles. The van der Waals surface area contributed by atoms with Gasteiger partial charge >= 0.3 is 0 Å². The van der Waals surface area contributed by atoms with Gasteiger partial charge < -0.3 is 9.73 Å². The molecule has 2 heterocycles. The van der Waals surface area contributed by atoms with Gasteiger partial charge in [0, 0.05) is 28.3 Å². The van der Waals surface area contributed by atoms with Gasteiger partial charge in [0.05, 0.1) is 5.69 Å². The molecule has 0 radical (unpaired) electrons. The number of para-hydroxylation sites is 1. The van der Waals surface area contributed by atoms with E-state index in [-0.39, 0.29) is 6.04 Å². The molecule has 3 heteroatoms. The normalized spacial score (nSPS) is 18.0. The highest BCUT2D eigenvalue weighted by Gasteiger charge is 2.17. The first kappa shape index (κ1) is 24.2. The van der Waals surface area contributed by atoms with Crippen molar-refractivity contribution in [2.24, 2.45) is 4.99 Å². The summed E-state index contributed by atoms with van der Waals surface area (Å²) in [5, 5.41) is 7.92. The summed E-state index contributed by atoms with van der Waals surface area (Å²) in [4.78, 5) is 5.28. The number of hydrogen-bond donors (Lipinski definition) is 1. The molecule has 1 N–H and O–H groups in total. The van der Waals surface area contributed by atoms with Gasteiger partial charge in [0.1, 0.15) is 10.9 Å². The minimum absolute atomic E-state index is 0.216. The molecule has 194 valence electrons. The van der Waals surface area contributed by atoms with Crippen LogP contribution in [0.15, 0.2) is 119 Å². The zero-order valence-corrected chi connectivity index (χ0v) is 22.7. The second-order valence-corrected chi connectivity index (χ2v) is 10.7. The summed E-state index contributed by atoms with van der Waals surface area (Å²) in [6.07, 6.45) is 13.6. The van der Waals surface area contributed by atoms with E-state index < -0.39 is 0 Å². The lowest BCUT2D eigenvalue weighted by molar-refractivity contribution is 0.573. The average molecular weight is 519 g/mol. The fourth-order valence-electron chi connectivity index (χ4n) is 5.77. The zero-order valence-electron chi connectivity index (χ0n) is 22.7. The molecular weight excluding hydrogens is 488 g/mol. The summed E-state index contributed by atoms with van der Waals surface area (Å²) in [6.45, 7) is 8.66. The Labute approximate surface area is 233 Å². The van der Waals surface area contributed by atoms with Crippen molar-refractivity contribution >= 4 is 44.8 Å². The van der Waals surface area contributed by atoms with Crippen LogP contribution in [0.2, 0.25) is 0 Å². The number of fused-ring (bicyclic) bond motifs is 5. The maximum absolute atomic E-state index is 6.46. The van der Waals surface area contributed by atoms with E-state index in [4.69, 9.17) is 9.41 Å². The Kier molecular flexibility index (Phi) is 5.86. The molecule has 0 bridgehead atoms. The first-order valence-electron chi connectivity index (χ1n) is 13.8. The lowest BCUT2D eigenvalue weighted by Crippen LogP contribution is -2.26. The Morgan fingerprint density at radius 3 is 2.62 bits per heavy atom. The summed E-state index contributed by atoms with van der Waals surface area (Å²) in [7, 11) is 0. The monoisotopic (exact) mass is 518 g/mol. The largest absolute Gasteiger partial charge is 0.454 e. The minimum atomic E-state index is 0.216. The molecule has 0 fully saturated rings. The molecule has 0 saturated carbocycles. The number of aryl methyl sites for hydroxylation is 1. The van der Waals surface area contributed by atoms with E-state index in [9.17, 15) is 0 Å². The van der Waals surface area contributed by atoms with Crippen LogP contribution in [-0.2, 0) is 0 Å². The van der Waals surface area contributed by atoms with Crippen molar-refractivity contribution in [2.75, 3.05) is 0 Å². The quantitative estimate of drug-likeness (QED) is 0.261. The van der Waals surface area contributed by atoms with Gasteiger partial charge in [-0.15, -0.1) is 0 Å². The molecule has 5 aromatic rings. The van der Waals surface area contributed by atoms with Crippen molar-refractivity contribution in [1.82, 2.24) is 5.32 Å². The predicted molar refractivity (Wildman–Crippen MR) is 168 cm³/mol. The number of benzene rings is 4. The third-order valence-electron chi connectivity index (χ3n) is 7.87. The molecule has 0 amide bonds. The minimum Gasteiger partial charge on any atom is -0.454 e. The summed E-state index contributed by atoms with van der Waals surface area (Å²) in [5.41, 5.74) is 10.2. The molecule has 1 unspecified atom stereocenters. The second-order valence-electron chi connectivity index (χ2n) is 10.7. The molecular formula is C37H30N2O. The zero-order chi connectivity index (χ0) is 27.2. The molecule has 3 nitrogen and oxygen atoms in total. The van der Waals surface area contributed by atoms with Crippen LogP contribution in [0.1, 0.15) is 30.0 Å². The standard InChI is InChI=1S/C37H30N2O/c1-23-15-18-32-26(21-23)9-7-14-31(32)27-17-19-33-35(22-27)40-34-20-16-24(2)29-12-8-13-30(36(29)39-37(33)34)25(3)38-28-10-5-4-6-11-28/h4-10,12-22,28,38H,3,11H2,1-2H3/b20-16?,24-16+,29-24?,34-20+,39-36?,39-37?. The summed E-state index contributed by atoms with van der Waals surface area (Å²) < 4.78 is 6.46. The fourth-order valence-corrected chi connectivity index (χ4v) is 5.77. The molecule has 1 aliphatic carbocycles. The topological polar surface area (TPSA) is 37.5 Å². The van der Waals surface area contributed by atoms with E-state index >= 15 is 0 Å². The van der Waals surface area contributed by atoms with Crippen LogP contribution in [0.4, 0.5) is 5.69 Å². The van der Waals surface area contributed by atoms with Gasteiger partial charge in [-0.1, -0.05) is 103 Å². The number of rotatable bonds is 4. The highest BCUT2D eigenvalue weighted by Crippen LogP contribution is 2.35. The average Bonchev–Trinajstić information content (AvgIpc) is 3.31. The van der Waals surface area contributed by atoms with Crippen LogP contribution in [0.5, 0.6) is 0 Å². The SMILES string of the molecule is C=C(NC1C=CC=CC1)c1cccc2c1N=c1/c(oc3cc(-c4cccc5cc(C)ccc45)ccc13)=C\C=C\2C. The highest BCUT2D eigenvalue weighted by atomic mass is 16.3. The van der Waals surface area contributed by atoms with Crippen LogP contribution in [0, 0.1) is 6.92 Å². The van der Waals surface area contributed by atoms with Crippen LogP contribution in [-0.4, -0.2) is 6.04 Å². The highest BCUT2D eigenvalue weighted by molar-refractivity contribution is 5.98. The van der Waals surface area contributed by atoms with Gasteiger partial charge in [0.2, 0.25) is 0 Å². The van der Waals surface area contributed by atoms with Crippen molar-refractivity contribution in [3.05, 3.63) is 137 Å². The van der Waals surface area contributed by atoms with Crippen molar-refractivity contribution < 1.29 is 4.42 Å². The third-order valence-corrected chi connectivity index (χ3v) is 7.87. The maximum atomic E-state index is 6.46. The van der Waals surface area contributed by atoms with E-state index in [0.717, 1.165) is 61.8 Å². The number of allylic oxidation sites excluding steroid dienone is 4. The Morgan fingerprint density at radius 2 is 1.75 bits per heavy atom. The first-order valence-corrected chi connectivity index (χ1v) is 13.8. The lowest BCUT2D eigenvalue weighted by atomic mass is 9.96. The Balaban J connectivity index is 1.38. The van der Waals surface area contributed by atoms with E-state index in [1.165, 1.54) is 21.9 Å². The van der Waals surface area contributed by atoms with Gasteiger partial charge in [0.25, 0.3) is 0 Å². The van der Waals surface area contributed by atoms with E-state index in [1.807, 2.05) is 6.08 Å². The van der Waals surface area contributed by atoms with Crippen LogP contribution in [0.3, 0.4) is 0 Å². The molecule has 1 aliphatic heterocycles. The smallest absolute Gasteiger partial charge is 0.153 e. The van der Waals surface area contributed by atoms with Gasteiger partial charge in [-0.3, -0.25) is 0 Å². The third kappa shape index (κ3) is 4.20. The van der Waals surface area contributed by atoms with Crippen molar-refractivity contribution in [2.45, 2.75) is 26.3 Å². The fraction of sp³-hybridized carbons (Fsp3) is 0.108. The van der Waals surface area contributed by atoms with Gasteiger partial charge in [-0.05, 0) is 65.9 Å². The molecule has 1 aromatic heterocycles. The van der Waals surface area contributed by atoms with Gasteiger partial charge in [-0.2, -0.15) is 0 Å². The molecule has 0 saturated heterocycles. The number of furan rings is 1. The molecule has 2 aliphatic rings. The summed E-state index contributed by atoms with van der Waals surface area (Å²) in [5.74, 6) is 0. The van der Waals surface area contributed by atoms with Crippen molar-refractivity contribution in [3.8, 4) is 11.1 Å². The van der Waals surface area contributed by atoms with Crippen molar-refractivity contribution in [1.29, 1.82) is 0 Å². The molecule has 0 spiro atoms. The predicted octanol–water partition coefficient (Wildman–Crippen LogP) is 8.16. The first-order chi connectivity index (χ1) is 19.5. The van der Waals surface area contributed by atoms with Crippen LogP contribution < -0.4 is 16.1 Å². The van der Waals surface area contributed by atoms with E-state index in [1.54, 1.807) is 0 Å². The van der Waals surface area contributed by atoms with E-state index in [2.05, 4.69) is 129 Å². The summed E-state index contributed by atoms with van der Waals surface area (Å²) in [6, 6.07) is 26.1. The van der Waals surface area contributed by atoms with Gasteiger partial charge in [-0.25, -0.2) is 4.99 Å². The second kappa shape index (κ2) is 9.69. The molecule has 1 atom stereocenters. The van der Waals surface area contributed by atoms with Crippen molar-refractivity contribution in [3.63, 3.8) is 0 Å².